The molecule has 1 heterocycles. The maximum atomic E-state index is 13.6. The second-order valence-corrected chi connectivity index (χ2v) is 11.6. The molecule has 3 amide bonds. The molecule has 1 aromatic heterocycles. The van der Waals surface area contributed by atoms with E-state index in [1.54, 1.807) is 53.7 Å². The van der Waals surface area contributed by atoms with Gasteiger partial charge < -0.3 is 30.4 Å². The number of carbonyl (C=O) groups excluding carboxylic acids is 3. The summed E-state index contributed by atoms with van der Waals surface area (Å²) in [6.07, 6.45) is -0.163. The Kier molecular flexibility index (Phi) is 9.78. The maximum absolute atomic E-state index is 13.6. The third-order valence-electron chi connectivity index (χ3n) is 5.69. The highest BCUT2D eigenvalue weighted by atomic mass is 19.1. The SMILES string of the molecule is CC(C)(C)OC(=O)NCCC[C@@H](CNC(=O)c1[nH]c2ccccc2c1-c1ccc(F)cc1)NC(=O)OC(C)(C)C. The Morgan fingerprint density at radius 2 is 1.50 bits per heavy atom. The fourth-order valence-electron chi connectivity index (χ4n) is 4.09. The van der Waals surface area contributed by atoms with E-state index >= 15 is 0 Å². The molecule has 0 aliphatic carbocycles. The van der Waals surface area contributed by atoms with E-state index in [9.17, 15) is 18.8 Å². The van der Waals surface area contributed by atoms with E-state index in [-0.39, 0.29) is 18.3 Å². The minimum absolute atomic E-state index is 0.114. The lowest BCUT2D eigenvalue weighted by Crippen LogP contribution is -2.46. The van der Waals surface area contributed by atoms with Crippen LogP contribution in [-0.2, 0) is 9.47 Å². The Hall–Kier alpha value is -4.08. The van der Waals surface area contributed by atoms with Gasteiger partial charge in [0, 0.05) is 35.6 Å². The number of benzene rings is 2. The first kappa shape index (κ1) is 30.5. The van der Waals surface area contributed by atoms with Crippen LogP contribution in [0.15, 0.2) is 48.5 Å². The Labute approximate surface area is 234 Å². The highest BCUT2D eigenvalue weighted by Crippen LogP contribution is 2.32. The van der Waals surface area contributed by atoms with Crippen LogP contribution in [0.4, 0.5) is 14.0 Å². The lowest BCUT2D eigenvalue weighted by atomic mass is 10.0. The van der Waals surface area contributed by atoms with Gasteiger partial charge >= 0.3 is 12.2 Å². The van der Waals surface area contributed by atoms with Crippen molar-refractivity contribution >= 4 is 29.0 Å². The Balaban J connectivity index is 1.72. The highest BCUT2D eigenvalue weighted by Gasteiger charge is 2.23. The van der Waals surface area contributed by atoms with E-state index in [0.29, 0.717) is 36.2 Å². The highest BCUT2D eigenvalue weighted by molar-refractivity contribution is 6.09. The molecule has 2 aromatic carbocycles. The molecule has 9 nitrogen and oxygen atoms in total. The van der Waals surface area contributed by atoms with Gasteiger partial charge in [-0.3, -0.25) is 4.79 Å². The lowest BCUT2D eigenvalue weighted by Gasteiger charge is -2.24. The predicted octanol–water partition coefficient (Wildman–Crippen LogP) is 5.90. The van der Waals surface area contributed by atoms with E-state index in [0.717, 1.165) is 10.9 Å². The first-order valence-electron chi connectivity index (χ1n) is 13.3. The number of para-hydroxylation sites is 1. The van der Waals surface area contributed by atoms with Crippen molar-refractivity contribution < 1.29 is 28.2 Å². The number of hydrogen-bond acceptors (Lipinski definition) is 5. The zero-order valence-corrected chi connectivity index (χ0v) is 23.9. The van der Waals surface area contributed by atoms with Crippen LogP contribution in [0.5, 0.6) is 0 Å². The molecule has 216 valence electrons. The maximum Gasteiger partial charge on any atom is 0.407 e. The van der Waals surface area contributed by atoms with Crippen LogP contribution in [0.3, 0.4) is 0 Å². The van der Waals surface area contributed by atoms with E-state index in [2.05, 4.69) is 20.9 Å². The summed E-state index contributed by atoms with van der Waals surface area (Å²) >= 11 is 0. The number of alkyl carbamates (subject to hydrolysis) is 2. The molecule has 0 aliphatic heterocycles. The van der Waals surface area contributed by atoms with Gasteiger partial charge in [-0.1, -0.05) is 30.3 Å². The number of nitrogens with one attached hydrogen (secondary N) is 4. The van der Waals surface area contributed by atoms with Crippen molar-refractivity contribution in [3.8, 4) is 11.1 Å². The molecule has 0 saturated heterocycles. The molecule has 0 unspecified atom stereocenters. The van der Waals surface area contributed by atoms with Crippen LogP contribution in [0, 0.1) is 5.82 Å². The number of carbonyl (C=O) groups is 3. The second kappa shape index (κ2) is 12.8. The Morgan fingerprint density at radius 3 is 2.15 bits per heavy atom. The molecule has 10 heteroatoms. The summed E-state index contributed by atoms with van der Waals surface area (Å²) in [6.45, 7) is 11.1. The number of rotatable bonds is 9. The predicted molar refractivity (Wildman–Crippen MR) is 153 cm³/mol. The van der Waals surface area contributed by atoms with E-state index in [4.69, 9.17) is 9.47 Å². The molecule has 0 aliphatic rings. The summed E-state index contributed by atoms with van der Waals surface area (Å²) in [5.74, 6) is -0.745. The minimum Gasteiger partial charge on any atom is -0.444 e. The van der Waals surface area contributed by atoms with Crippen molar-refractivity contribution in [3.63, 3.8) is 0 Å². The Bertz CT molecular complexity index is 1320. The zero-order chi connectivity index (χ0) is 29.5. The molecule has 0 radical (unpaired) electrons. The smallest absolute Gasteiger partial charge is 0.407 e. The molecule has 3 aromatic rings. The van der Waals surface area contributed by atoms with E-state index in [1.165, 1.54) is 12.1 Å². The summed E-state index contributed by atoms with van der Waals surface area (Å²) < 4.78 is 24.2. The van der Waals surface area contributed by atoms with Gasteiger partial charge in [-0.15, -0.1) is 0 Å². The van der Waals surface area contributed by atoms with Crippen LogP contribution in [0.2, 0.25) is 0 Å². The quantitative estimate of drug-likeness (QED) is 0.245. The molecular weight excluding hydrogens is 515 g/mol. The number of halogens is 1. The van der Waals surface area contributed by atoms with Crippen LogP contribution in [0.1, 0.15) is 64.9 Å². The van der Waals surface area contributed by atoms with Gasteiger partial charge in [-0.2, -0.15) is 0 Å². The topological polar surface area (TPSA) is 122 Å². The molecule has 0 spiro atoms. The number of fused-ring (bicyclic) bond motifs is 1. The van der Waals surface area contributed by atoms with Crippen molar-refractivity contribution in [1.29, 1.82) is 0 Å². The summed E-state index contributed by atoms with van der Waals surface area (Å²) in [4.78, 5) is 41.0. The minimum atomic E-state index is -0.690. The van der Waals surface area contributed by atoms with Gasteiger partial charge in [0.2, 0.25) is 0 Å². The molecule has 0 bridgehead atoms. The fourth-order valence-corrected chi connectivity index (χ4v) is 4.09. The van der Waals surface area contributed by atoms with Gasteiger partial charge in [0.1, 0.15) is 22.7 Å². The Morgan fingerprint density at radius 1 is 0.875 bits per heavy atom. The third kappa shape index (κ3) is 9.29. The molecule has 1 atom stereocenters. The summed E-state index contributed by atoms with van der Waals surface area (Å²) in [6, 6.07) is 13.0. The number of ether oxygens (including phenoxy) is 2. The van der Waals surface area contributed by atoms with E-state index in [1.807, 2.05) is 24.3 Å². The van der Waals surface area contributed by atoms with Gasteiger partial charge in [0.05, 0.1) is 0 Å². The molecule has 4 N–H and O–H groups in total. The summed E-state index contributed by atoms with van der Waals surface area (Å²) in [5.41, 5.74) is 1.15. The van der Waals surface area contributed by atoms with Crippen LogP contribution < -0.4 is 16.0 Å². The normalized spacial score (nSPS) is 12.5. The third-order valence-corrected chi connectivity index (χ3v) is 5.69. The number of hydrogen-bond donors (Lipinski definition) is 4. The van der Waals surface area contributed by atoms with E-state index < -0.39 is 29.4 Å². The monoisotopic (exact) mass is 554 g/mol. The van der Waals surface area contributed by atoms with Crippen molar-refractivity contribution in [2.45, 2.75) is 71.6 Å². The first-order chi connectivity index (χ1) is 18.7. The molecular formula is C30H39FN4O5. The largest absolute Gasteiger partial charge is 0.444 e. The number of amides is 3. The second-order valence-electron chi connectivity index (χ2n) is 11.6. The van der Waals surface area contributed by atoms with Gasteiger partial charge in [0.25, 0.3) is 5.91 Å². The van der Waals surface area contributed by atoms with Gasteiger partial charge in [-0.05, 0) is 78.1 Å². The molecule has 3 rings (SSSR count). The number of H-pyrrole nitrogens is 1. The standard InChI is InChI=1S/C30H39FN4O5/c1-29(2,3)39-27(37)32-17-9-10-21(34-28(38)40-30(4,5)6)18-33-26(36)25-24(19-13-15-20(31)16-14-19)22-11-7-8-12-23(22)35-25/h7-8,11-16,21,35H,9-10,17-18H2,1-6H3,(H,32,37)(H,33,36)(H,34,38)/t21-/m0/s1. The number of aromatic nitrogens is 1. The summed E-state index contributed by atoms with van der Waals surface area (Å²) in [5, 5.41) is 9.24. The molecule has 0 saturated carbocycles. The molecule has 40 heavy (non-hydrogen) atoms. The van der Waals surface area contributed by atoms with Gasteiger partial charge in [0.15, 0.2) is 0 Å². The van der Waals surface area contributed by atoms with Crippen molar-refractivity contribution in [2.75, 3.05) is 13.1 Å². The zero-order valence-electron chi connectivity index (χ0n) is 23.9. The van der Waals surface area contributed by atoms with Crippen LogP contribution in [-0.4, -0.2) is 53.4 Å². The van der Waals surface area contributed by atoms with Crippen molar-refractivity contribution in [1.82, 2.24) is 20.9 Å². The van der Waals surface area contributed by atoms with Crippen LogP contribution in [0.25, 0.3) is 22.0 Å². The fraction of sp³-hybridized carbons (Fsp3) is 0.433. The first-order valence-corrected chi connectivity index (χ1v) is 13.3. The lowest BCUT2D eigenvalue weighted by molar-refractivity contribution is 0.0487. The number of aromatic amines is 1. The van der Waals surface area contributed by atoms with Gasteiger partial charge in [-0.25, -0.2) is 14.0 Å². The van der Waals surface area contributed by atoms with Crippen molar-refractivity contribution in [3.05, 3.63) is 60.0 Å². The van der Waals surface area contributed by atoms with Crippen molar-refractivity contribution in [2.24, 2.45) is 0 Å². The molecule has 0 fully saturated rings. The van der Waals surface area contributed by atoms with Crippen LogP contribution >= 0.6 is 0 Å². The average Bonchev–Trinajstić information content (AvgIpc) is 3.23. The average molecular weight is 555 g/mol. The summed E-state index contributed by atoms with van der Waals surface area (Å²) in [7, 11) is 0.